The van der Waals surface area contributed by atoms with Gasteiger partial charge in [0.2, 0.25) is 5.91 Å². The highest BCUT2D eigenvalue weighted by Crippen LogP contribution is 2.29. The Bertz CT molecular complexity index is 1470. The molecule has 1 aliphatic rings. The van der Waals surface area contributed by atoms with Crippen molar-refractivity contribution in [3.63, 3.8) is 0 Å². The number of para-hydroxylation sites is 1. The molecule has 2 amide bonds. The molecule has 1 fully saturated rings. The molecule has 0 aliphatic carbocycles. The van der Waals surface area contributed by atoms with Crippen molar-refractivity contribution in [1.29, 1.82) is 0 Å². The van der Waals surface area contributed by atoms with Crippen LogP contribution in [-0.2, 0) is 22.6 Å². The quantitative estimate of drug-likeness (QED) is 0.354. The summed E-state index contributed by atoms with van der Waals surface area (Å²) in [7, 11) is 2.08. The Labute approximate surface area is 220 Å². The van der Waals surface area contributed by atoms with Gasteiger partial charge in [-0.05, 0) is 54.1 Å². The van der Waals surface area contributed by atoms with Crippen molar-refractivity contribution < 1.29 is 18.7 Å². The van der Waals surface area contributed by atoms with E-state index in [0.29, 0.717) is 11.3 Å². The number of fused-ring (bicyclic) bond motifs is 1. The first-order chi connectivity index (χ1) is 18.4. The van der Waals surface area contributed by atoms with Crippen LogP contribution in [0.2, 0.25) is 0 Å². The normalized spacial score (nSPS) is 15.2. The van der Waals surface area contributed by atoms with Crippen molar-refractivity contribution in [2.45, 2.75) is 26.1 Å². The molecule has 5 rings (SSSR count). The van der Waals surface area contributed by atoms with Crippen LogP contribution in [0, 0.1) is 5.82 Å². The van der Waals surface area contributed by atoms with E-state index < -0.39 is 18.0 Å². The molecule has 3 aromatic carbocycles. The van der Waals surface area contributed by atoms with Crippen molar-refractivity contribution in [1.82, 2.24) is 15.2 Å². The molecule has 2 heterocycles. The van der Waals surface area contributed by atoms with E-state index in [4.69, 9.17) is 4.74 Å². The first kappa shape index (κ1) is 25.4. The Hall–Kier alpha value is -4.30. The Morgan fingerprint density at radius 3 is 2.66 bits per heavy atom. The summed E-state index contributed by atoms with van der Waals surface area (Å²) in [5.41, 5.74) is 4.97. The number of anilines is 1. The van der Waals surface area contributed by atoms with Gasteiger partial charge in [-0.3, -0.25) is 19.6 Å². The van der Waals surface area contributed by atoms with Crippen molar-refractivity contribution in [2.24, 2.45) is 0 Å². The molecule has 8 heteroatoms. The lowest BCUT2D eigenvalue weighted by Gasteiger charge is -2.18. The number of carbonyl (C=O) groups excluding carboxylic acids is 2. The number of hydrogen-bond donors (Lipinski definition) is 1. The second-order valence-electron chi connectivity index (χ2n) is 9.57. The maximum Gasteiger partial charge on any atom is 0.414 e. The SMILES string of the molecule is CC(=O)NC[C@H]1CN(c2ccc(-c3ccc(CN(C)Cc4ccnc5ccccc45)cc3)c(F)c2)C(=O)O1. The summed E-state index contributed by atoms with van der Waals surface area (Å²) in [6.45, 7) is 3.40. The summed E-state index contributed by atoms with van der Waals surface area (Å²) < 4.78 is 20.4. The fraction of sp³-hybridized carbons (Fsp3) is 0.233. The molecule has 1 aliphatic heterocycles. The highest BCUT2D eigenvalue weighted by atomic mass is 19.1. The Morgan fingerprint density at radius 2 is 1.89 bits per heavy atom. The largest absolute Gasteiger partial charge is 0.442 e. The number of aromatic nitrogens is 1. The molecule has 194 valence electrons. The van der Waals surface area contributed by atoms with Gasteiger partial charge < -0.3 is 10.1 Å². The maximum absolute atomic E-state index is 15.1. The molecule has 1 atom stereocenters. The number of pyridine rings is 1. The van der Waals surface area contributed by atoms with Gasteiger partial charge in [0, 0.05) is 37.2 Å². The van der Waals surface area contributed by atoms with E-state index in [9.17, 15) is 9.59 Å². The third-order valence-electron chi connectivity index (χ3n) is 6.61. The lowest BCUT2D eigenvalue weighted by atomic mass is 10.0. The van der Waals surface area contributed by atoms with Crippen LogP contribution in [0.25, 0.3) is 22.0 Å². The molecule has 0 spiro atoms. The lowest BCUT2D eigenvalue weighted by Crippen LogP contribution is -2.33. The molecule has 1 N–H and O–H groups in total. The van der Waals surface area contributed by atoms with Crippen molar-refractivity contribution >= 4 is 28.6 Å². The molecule has 1 saturated heterocycles. The average Bonchev–Trinajstić information content (AvgIpc) is 3.28. The number of halogens is 1. The molecule has 0 bridgehead atoms. The summed E-state index contributed by atoms with van der Waals surface area (Å²) in [6.07, 6.45) is 0.814. The number of hydrogen-bond acceptors (Lipinski definition) is 5. The predicted molar refractivity (Wildman–Crippen MR) is 145 cm³/mol. The number of nitrogens with one attached hydrogen (secondary N) is 1. The van der Waals surface area contributed by atoms with Crippen LogP contribution >= 0.6 is 0 Å². The third-order valence-corrected chi connectivity index (χ3v) is 6.61. The van der Waals surface area contributed by atoms with E-state index in [1.54, 1.807) is 12.1 Å². The molecule has 0 unspecified atom stereocenters. The van der Waals surface area contributed by atoms with E-state index in [1.165, 1.54) is 23.5 Å². The van der Waals surface area contributed by atoms with Crippen LogP contribution in [0.3, 0.4) is 0 Å². The van der Waals surface area contributed by atoms with Crippen molar-refractivity contribution in [2.75, 3.05) is 25.0 Å². The first-order valence-electron chi connectivity index (χ1n) is 12.5. The van der Waals surface area contributed by atoms with Gasteiger partial charge in [-0.2, -0.15) is 0 Å². The van der Waals surface area contributed by atoms with E-state index in [2.05, 4.69) is 34.4 Å². The smallest absolute Gasteiger partial charge is 0.414 e. The molecule has 0 saturated carbocycles. The maximum atomic E-state index is 15.1. The van der Waals surface area contributed by atoms with Crippen LogP contribution < -0.4 is 10.2 Å². The standard InChI is InChI=1S/C30H29FN4O3/c1-20(36)33-16-25-19-35(30(37)38-25)24-11-12-26(28(31)15-24)22-9-7-21(8-10-22)17-34(2)18-23-13-14-32-29-6-4-3-5-27(23)29/h3-15,25H,16-19H2,1-2H3,(H,33,36)/t25-/m0/s1. The van der Waals surface area contributed by atoms with Gasteiger partial charge in [0.25, 0.3) is 0 Å². The lowest BCUT2D eigenvalue weighted by molar-refractivity contribution is -0.119. The molecular formula is C30H29FN4O3. The van der Waals surface area contributed by atoms with Crippen molar-refractivity contribution in [3.8, 4) is 11.1 Å². The zero-order chi connectivity index (χ0) is 26.6. The number of ether oxygens (including phenoxy) is 1. The van der Waals surface area contributed by atoms with Crippen LogP contribution in [0.15, 0.2) is 79.0 Å². The van der Waals surface area contributed by atoms with Gasteiger partial charge in [-0.15, -0.1) is 0 Å². The number of rotatable bonds is 8. The molecular weight excluding hydrogens is 483 g/mol. The summed E-state index contributed by atoms with van der Waals surface area (Å²) in [4.78, 5) is 31.4. The highest BCUT2D eigenvalue weighted by Gasteiger charge is 2.32. The summed E-state index contributed by atoms with van der Waals surface area (Å²) >= 11 is 0. The molecule has 0 radical (unpaired) electrons. The average molecular weight is 513 g/mol. The van der Waals surface area contributed by atoms with Gasteiger partial charge in [0.15, 0.2) is 0 Å². The van der Waals surface area contributed by atoms with Crippen LogP contribution in [-0.4, -0.2) is 48.1 Å². The molecule has 38 heavy (non-hydrogen) atoms. The van der Waals surface area contributed by atoms with Gasteiger partial charge in [0.05, 0.1) is 24.3 Å². The number of benzene rings is 3. The fourth-order valence-corrected chi connectivity index (χ4v) is 4.74. The number of carbonyl (C=O) groups is 2. The highest BCUT2D eigenvalue weighted by molar-refractivity contribution is 5.90. The molecule has 4 aromatic rings. The first-order valence-corrected chi connectivity index (χ1v) is 12.5. The van der Waals surface area contributed by atoms with Gasteiger partial charge in [-0.1, -0.05) is 42.5 Å². The van der Waals surface area contributed by atoms with Crippen LogP contribution in [0.1, 0.15) is 18.1 Å². The van der Waals surface area contributed by atoms with Crippen LogP contribution in [0.5, 0.6) is 0 Å². The van der Waals surface area contributed by atoms with Gasteiger partial charge >= 0.3 is 6.09 Å². The second-order valence-corrected chi connectivity index (χ2v) is 9.57. The summed E-state index contributed by atoms with van der Waals surface area (Å²) in [6, 6.07) is 22.8. The van der Waals surface area contributed by atoms with E-state index in [0.717, 1.165) is 35.1 Å². The van der Waals surface area contributed by atoms with Crippen molar-refractivity contribution in [3.05, 3.63) is 95.9 Å². The monoisotopic (exact) mass is 512 g/mol. The predicted octanol–water partition coefficient (Wildman–Crippen LogP) is 5.13. The summed E-state index contributed by atoms with van der Waals surface area (Å²) in [5.74, 6) is -0.620. The fourth-order valence-electron chi connectivity index (χ4n) is 4.74. The van der Waals surface area contributed by atoms with E-state index >= 15 is 4.39 Å². The number of nitrogens with zero attached hydrogens (tertiary/aromatic N) is 3. The zero-order valence-corrected chi connectivity index (χ0v) is 21.4. The topological polar surface area (TPSA) is 74.8 Å². The number of amides is 2. The van der Waals surface area contributed by atoms with Gasteiger partial charge in [-0.25, -0.2) is 9.18 Å². The molecule has 7 nitrogen and oxygen atoms in total. The minimum Gasteiger partial charge on any atom is -0.442 e. The zero-order valence-electron chi connectivity index (χ0n) is 21.4. The van der Waals surface area contributed by atoms with E-state index in [-0.39, 0.29) is 19.0 Å². The van der Waals surface area contributed by atoms with Gasteiger partial charge in [0.1, 0.15) is 11.9 Å². The second kappa shape index (κ2) is 11.0. The molecule has 1 aromatic heterocycles. The Morgan fingerprint density at radius 1 is 1.11 bits per heavy atom. The van der Waals surface area contributed by atoms with Crippen LogP contribution in [0.4, 0.5) is 14.9 Å². The minimum absolute atomic E-state index is 0.199. The Balaban J connectivity index is 1.23. The third kappa shape index (κ3) is 5.65. The van der Waals surface area contributed by atoms with E-state index in [1.807, 2.05) is 48.7 Å². The summed E-state index contributed by atoms with van der Waals surface area (Å²) in [5, 5.41) is 3.79. The Kier molecular flexibility index (Phi) is 7.33. The minimum atomic E-state index is -0.555. The number of cyclic esters (lactones) is 1.